The fraction of sp³-hybridized carbons (Fsp3) is 0.619. The summed E-state index contributed by atoms with van der Waals surface area (Å²) in [5, 5.41) is 2.46. The van der Waals surface area contributed by atoms with Crippen molar-refractivity contribution < 1.29 is 26.4 Å². The van der Waals surface area contributed by atoms with Gasteiger partial charge in [0.1, 0.15) is 5.78 Å². The zero-order chi connectivity index (χ0) is 23.8. The van der Waals surface area contributed by atoms with Crippen LogP contribution in [0.25, 0.3) is 0 Å². The number of Topliss-reactive ketones (excluding diaryl/α,β-unsaturated/α-hetero) is 1. The van der Waals surface area contributed by atoms with E-state index in [1.54, 1.807) is 0 Å². The fourth-order valence-electron chi connectivity index (χ4n) is 4.95. The van der Waals surface area contributed by atoms with Crippen LogP contribution in [0.5, 0.6) is 0 Å². The molecule has 2 saturated carbocycles. The van der Waals surface area contributed by atoms with Crippen molar-refractivity contribution in [1.29, 1.82) is 0 Å². The standard InChI is InChI=1S/C21H31N3O6S2/c1-4-5-12-22-19(26)24-32(29,30)17-8-6-16(7-9-17)23-31(27,28)14-21-11-10-15(13-18(21)25)20(21,2)3/h6-9,15,23H,4-5,10-14H2,1-3H3,(H2,22,24,26). The maximum absolute atomic E-state index is 12.9. The lowest BCUT2D eigenvalue weighted by Crippen LogP contribution is -2.43. The first-order valence-electron chi connectivity index (χ1n) is 10.8. The molecule has 0 radical (unpaired) electrons. The Morgan fingerprint density at radius 2 is 1.78 bits per heavy atom. The molecule has 0 saturated heterocycles. The summed E-state index contributed by atoms with van der Waals surface area (Å²) < 4.78 is 54.8. The first-order valence-corrected chi connectivity index (χ1v) is 13.9. The van der Waals surface area contributed by atoms with Crippen LogP contribution in [0, 0.1) is 16.7 Å². The van der Waals surface area contributed by atoms with Crippen LogP contribution >= 0.6 is 0 Å². The van der Waals surface area contributed by atoms with E-state index in [1.807, 2.05) is 25.5 Å². The zero-order valence-electron chi connectivity index (χ0n) is 18.6. The maximum atomic E-state index is 12.9. The lowest BCUT2D eigenvalue weighted by molar-refractivity contribution is -0.128. The minimum atomic E-state index is -4.09. The highest BCUT2D eigenvalue weighted by molar-refractivity contribution is 7.92. The number of ketones is 1. The largest absolute Gasteiger partial charge is 0.337 e. The lowest BCUT2D eigenvalue weighted by atomic mass is 9.70. The van der Waals surface area contributed by atoms with Crippen molar-refractivity contribution in [3.05, 3.63) is 24.3 Å². The van der Waals surface area contributed by atoms with Gasteiger partial charge in [0.2, 0.25) is 10.0 Å². The summed E-state index contributed by atoms with van der Waals surface area (Å²) in [6.07, 6.45) is 3.42. The molecule has 1 aromatic carbocycles. The summed E-state index contributed by atoms with van der Waals surface area (Å²) in [7, 11) is -7.94. The third kappa shape index (κ3) is 4.63. The van der Waals surface area contributed by atoms with Gasteiger partial charge in [-0.2, -0.15) is 0 Å². The molecule has 2 aliphatic carbocycles. The second-order valence-electron chi connectivity index (χ2n) is 9.27. The third-order valence-corrected chi connectivity index (χ3v) is 9.82. The molecular formula is C21H31N3O6S2. The number of rotatable bonds is 9. The highest BCUT2D eigenvalue weighted by Gasteiger charge is 2.65. The molecule has 0 heterocycles. The molecule has 2 aliphatic rings. The van der Waals surface area contributed by atoms with Gasteiger partial charge in [-0.3, -0.25) is 9.52 Å². The Hall–Kier alpha value is -2.14. The van der Waals surface area contributed by atoms with E-state index >= 15 is 0 Å². The number of hydrogen-bond donors (Lipinski definition) is 3. The van der Waals surface area contributed by atoms with Crippen LogP contribution in [0.3, 0.4) is 0 Å². The Kier molecular flexibility index (Phi) is 6.63. The van der Waals surface area contributed by atoms with Crippen LogP contribution in [0.4, 0.5) is 10.5 Å². The second kappa shape index (κ2) is 8.66. The molecule has 3 rings (SSSR count). The Bertz CT molecular complexity index is 1100. The van der Waals surface area contributed by atoms with Gasteiger partial charge >= 0.3 is 6.03 Å². The summed E-state index contributed by atoms with van der Waals surface area (Å²) >= 11 is 0. The van der Waals surface area contributed by atoms with Crippen LogP contribution in [0.2, 0.25) is 0 Å². The van der Waals surface area contributed by atoms with Crippen LogP contribution in [-0.4, -0.2) is 40.9 Å². The molecule has 32 heavy (non-hydrogen) atoms. The predicted molar refractivity (Wildman–Crippen MR) is 121 cm³/mol. The minimum absolute atomic E-state index is 0.00820. The predicted octanol–water partition coefficient (Wildman–Crippen LogP) is 2.61. The van der Waals surface area contributed by atoms with E-state index in [9.17, 15) is 26.4 Å². The molecule has 2 fully saturated rings. The number of hydrogen-bond acceptors (Lipinski definition) is 6. The van der Waals surface area contributed by atoms with Crippen LogP contribution in [0.1, 0.15) is 52.9 Å². The van der Waals surface area contributed by atoms with Gasteiger partial charge in [0.05, 0.1) is 16.1 Å². The Labute approximate surface area is 189 Å². The smallest absolute Gasteiger partial charge is 0.328 e. The average molecular weight is 486 g/mol. The topological polar surface area (TPSA) is 139 Å². The highest BCUT2D eigenvalue weighted by Crippen LogP contribution is 2.64. The number of anilines is 1. The molecule has 0 spiro atoms. The first kappa shape index (κ1) is 24.5. The van der Waals surface area contributed by atoms with Crippen molar-refractivity contribution in [3.8, 4) is 0 Å². The molecule has 11 heteroatoms. The molecule has 3 N–H and O–H groups in total. The number of sulfonamides is 2. The van der Waals surface area contributed by atoms with Crippen molar-refractivity contribution >= 4 is 37.5 Å². The molecule has 2 atom stereocenters. The van der Waals surface area contributed by atoms with E-state index in [0.717, 1.165) is 19.3 Å². The lowest BCUT2D eigenvalue weighted by Gasteiger charge is -2.36. The quantitative estimate of drug-likeness (QED) is 0.460. The monoisotopic (exact) mass is 485 g/mol. The van der Waals surface area contributed by atoms with Crippen molar-refractivity contribution in [3.63, 3.8) is 0 Å². The van der Waals surface area contributed by atoms with Crippen molar-refractivity contribution in [2.45, 2.75) is 57.8 Å². The Morgan fingerprint density at radius 3 is 2.31 bits per heavy atom. The van der Waals surface area contributed by atoms with Crippen molar-refractivity contribution in [2.75, 3.05) is 17.0 Å². The SMILES string of the molecule is CCCCNC(=O)NS(=O)(=O)c1ccc(NS(=O)(=O)CC23CCC(CC2=O)C3(C)C)cc1. The molecular weight excluding hydrogens is 454 g/mol. The molecule has 0 aromatic heterocycles. The van der Waals surface area contributed by atoms with Gasteiger partial charge in [-0.05, 0) is 54.9 Å². The zero-order valence-corrected chi connectivity index (χ0v) is 20.2. The number of benzene rings is 1. The number of unbranched alkanes of at least 4 members (excludes halogenated alkanes) is 1. The fourth-order valence-corrected chi connectivity index (χ4v) is 7.77. The second-order valence-corrected chi connectivity index (χ2v) is 12.7. The van der Waals surface area contributed by atoms with E-state index in [0.29, 0.717) is 19.4 Å². The van der Waals surface area contributed by atoms with E-state index in [2.05, 4.69) is 10.0 Å². The number of carbonyl (C=O) groups is 2. The van der Waals surface area contributed by atoms with Crippen LogP contribution in [0.15, 0.2) is 29.2 Å². The summed E-state index contributed by atoms with van der Waals surface area (Å²) in [5.41, 5.74) is -1.08. The molecule has 0 aliphatic heterocycles. The molecule has 2 bridgehead atoms. The summed E-state index contributed by atoms with van der Waals surface area (Å²) in [4.78, 5) is 24.2. The molecule has 1 aromatic rings. The van der Waals surface area contributed by atoms with Crippen molar-refractivity contribution in [1.82, 2.24) is 10.0 Å². The van der Waals surface area contributed by atoms with E-state index in [1.165, 1.54) is 24.3 Å². The number of amides is 2. The normalized spacial score (nSPS) is 24.3. The Balaban J connectivity index is 1.67. The van der Waals surface area contributed by atoms with E-state index in [4.69, 9.17) is 0 Å². The number of nitrogens with one attached hydrogen (secondary N) is 3. The number of carbonyl (C=O) groups excluding carboxylic acids is 2. The molecule has 2 unspecified atom stereocenters. The summed E-state index contributed by atoms with van der Waals surface area (Å²) in [6.45, 7) is 6.25. The Morgan fingerprint density at radius 1 is 1.12 bits per heavy atom. The summed E-state index contributed by atoms with van der Waals surface area (Å²) in [5.74, 6) is -0.0720. The first-order chi connectivity index (χ1) is 14.8. The van der Waals surface area contributed by atoms with E-state index < -0.39 is 31.5 Å². The van der Waals surface area contributed by atoms with Crippen molar-refractivity contribution in [2.24, 2.45) is 16.7 Å². The van der Waals surface area contributed by atoms with Crippen LogP contribution in [-0.2, 0) is 24.8 Å². The molecule has 2 amide bonds. The number of fused-ring (bicyclic) bond motifs is 2. The van der Waals surface area contributed by atoms with Gasteiger partial charge in [0, 0.05) is 18.7 Å². The maximum Gasteiger partial charge on any atom is 0.328 e. The summed E-state index contributed by atoms with van der Waals surface area (Å²) in [6, 6.07) is 4.25. The average Bonchev–Trinajstić information content (AvgIpc) is 3.02. The van der Waals surface area contributed by atoms with Gasteiger partial charge in [-0.25, -0.2) is 26.4 Å². The van der Waals surface area contributed by atoms with E-state index in [-0.39, 0.29) is 33.5 Å². The number of urea groups is 1. The molecule has 178 valence electrons. The minimum Gasteiger partial charge on any atom is -0.337 e. The third-order valence-electron chi connectivity index (χ3n) is 7.06. The molecule has 9 nitrogen and oxygen atoms in total. The van der Waals surface area contributed by atoms with Gasteiger partial charge in [-0.15, -0.1) is 0 Å². The van der Waals surface area contributed by atoms with Gasteiger partial charge < -0.3 is 5.32 Å². The van der Waals surface area contributed by atoms with Gasteiger partial charge in [0.25, 0.3) is 10.0 Å². The van der Waals surface area contributed by atoms with Gasteiger partial charge in [-0.1, -0.05) is 27.2 Å². The van der Waals surface area contributed by atoms with Gasteiger partial charge in [0.15, 0.2) is 0 Å². The van der Waals surface area contributed by atoms with Crippen LogP contribution < -0.4 is 14.8 Å². The highest BCUT2D eigenvalue weighted by atomic mass is 32.2.